The maximum atomic E-state index is 13.2. The number of anilines is 2. The standard InChI is InChI=1S/C24H23N3O3/c1-25-24(29)27-20-13-8-12-19(16-20)26-23(28)21(17-9-4-3-5-10-17)15-18-11-6-7-14-22(18)30-2/h3-16H,1-2H3,(H,26,28)(H2,25,27,29)/b21-15+. The molecule has 0 atom stereocenters. The molecule has 0 radical (unpaired) electrons. The Balaban J connectivity index is 1.93. The summed E-state index contributed by atoms with van der Waals surface area (Å²) in [5.41, 5.74) is 3.20. The first-order valence-electron chi connectivity index (χ1n) is 9.41. The van der Waals surface area contributed by atoms with Crippen molar-refractivity contribution in [2.75, 3.05) is 24.8 Å². The van der Waals surface area contributed by atoms with Crippen LogP contribution in [0.4, 0.5) is 16.2 Å². The number of hydrogen-bond donors (Lipinski definition) is 3. The molecule has 0 saturated heterocycles. The van der Waals surface area contributed by atoms with Gasteiger partial charge in [0, 0.05) is 29.6 Å². The van der Waals surface area contributed by atoms with E-state index in [1.807, 2.05) is 54.6 Å². The number of urea groups is 1. The summed E-state index contributed by atoms with van der Waals surface area (Å²) in [6.07, 6.45) is 1.80. The van der Waals surface area contributed by atoms with Crippen molar-refractivity contribution in [1.29, 1.82) is 0 Å². The zero-order valence-corrected chi connectivity index (χ0v) is 16.8. The van der Waals surface area contributed by atoms with Crippen molar-refractivity contribution in [3.05, 3.63) is 90.0 Å². The monoisotopic (exact) mass is 401 g/mol. The first kappa shape index (κ1) is 20.7. The molecule has 0 aromatic heterocycles. The number of amides is 3. The lowest BCUT2D eigenvalue weighted by Crippen LogP contribution is -2.24. The molecule has 0 spiro atoms. The predicted octanol–water partition coefficient (Wildman–Crippen LogP) is 4.63. The van der Waals surface area contributed by atoms with Crippen molar-refractivity contribution in [2.45, 2.75) is 0 Å². The Kier molecular flexibility index (Phi) is 6.84. The number of para-hydroxylation sites is 1. The first-order valence-corrected chi connectivity index (χ1v) is 9.41. The van der Waals surface area contributed by atoms with Gasteiger partial charge in [-0.25, -0.2) is 4.79 Å². The van der Waals surface area contributed by atoms with Gasteiger partial charge in [0.25, 0.3) is 5.91 Å². The van der Waals surface area contributed by atoms with Gasteiger partial charge in [0.2, 0.25) is 0 Å². The van der Waals surface area contributed by atoms with Crippen LogP contribution in [-0.2, 0) is 4.79 Å². The zero-order valence-electron chi connectivity index (χ0n) is 16.8. The molecule has 152 valence electrons. The Bertz CT molecular complexity index is 1060. The van der Waals surface area contributed by atoms with Gasteiger partial charge in [0.1, 0.15) is 5.75 Å². The molecule has 0 aliphatic rings. The van der Waals surface area contributed by atoms with Gasteiger partial charge in [0.05, 0.1) is 7.11 Å². The number of ether oxygens (including phenoxy) is 1. The van der Waals surface area contributed by atoms with E-state index in [0.717, 1.165) is 11.1 Å². The fourth-order valence-corrected chi connectivity index (χ4v) is 2.91. The number of nitrogens with one attached hydrogen (secondary N) is 3. The van der Waals surface area contributed by atoms with Crippen LogP contribution in [0.15, 0.2) is 78.9 Å². The highest BCUT2D eigenvalue weighted by atomic mass is 16.5. The van der Waals surface area contributed by atoms with Gasteiger partial charge < -0.3 is 20.7 Å². The first-order chi connectivity index (χ1) is 14.6. The Labute approximate surface area is 175 Å². The third kappa shape index (κ3) is 5.26. The molecule has 30 heavy (non-hydrogen) atoms. The summed E-state index contributed by atoms with van der Waals surface area (Å²) in [7, 11) is 3.13. The summed E-state index contributed by atoms with van der Waals surface area (Å²) >= 11 is 0. The average molecular weight is 401 g/mol. The van der Waals surface area contributed by atoms with E-state index in [0.29, 0.717) is 22.7 Å². The van der Waals surface area contributed by atoms with Gasteiger partial charge >= 0.3 is 6.03 Å². The molecule has 3 aromatic carbocycles. The van der Waals surface area contributed by atoms with Crippen LogP contribution >= 0.6 is 0 Å². The van der Waals surface area contributed by atoms with Crippen LogP contribution in [0.3, 0.4) is 0 Å². The molecule has 6 nitrogen and oxygen atoms in total. The van der Waals surface area contributed by atoms with Crippen LogP contribution in [0.1, 0.15) is 11.1 Å². The van der Waals surface area contributed by atoms with Crippen molar-refractivity contribution in [3.63, 3.8) is 0 Å². The zero-order chi connectivity index (χ0) is 21.3. The summed E-state index contributed by atoms with van der Waals surface area (Å²) < 4.78 is 5.42. The number of rotatable bonds is 6. The van der Waals surface area contributed by atoms with Crippen molar-refractivity contribution in [2.24, 2.45) is 0 Å². The normalized spacial score (nSPS) is 10.8. The van der Waals surface area contributed by atoms with E-state index >= 15 is 0 Å². The highest BCUT2D eigenvalue weighted by Gasteiger charge is 2.14. The Hall–Kier alpha value is -4.06. The van der Waals surface area contributed by atoms with E-state index < -0.39 is 0 Å². The van der Waals surface area contributed by atoms with E-state index in [1.165, 1.54) is 7.05 Å². The van der Waals surface area contributed by atoms with E-state index in [4.69, 9.17) is 4.74 Å². The Morgan fingerprint density at radius 2 is 1.50 bits per heavy atom. The SMILES string of the molecule is CNC(=O)Nc1cccc(NC(=O)/C(=C/c2ccccc2OC)c2ccccc2)c1. The molecule has 3 aromatic rings. The topological polar surface area (TPSA) is 79.5 Å². The molecule has 0 heterocycles. The maximum absolute atomic E-state index is 13.2. The lowest BCUT2D eigenvalue weighted by atomic mass is 10.0. The number of carbonyl (C=O) groups excluding carboxylic acids is 2. The molecule has 3 N–H and O–H groups in total. The van der Waals surface area contributed by atoms with Crippen LogP contribution < -0.4 is 20.7 Å². The lowest BCUT2D eigenvalue weighted by Gasteiger charge is -2.12. The third-order valence-electron chi connectivity index (χ3n) is 4.37. The minimum absolute atomic E-state index is 0.274. The van der Waals surface area contributed by atoms with Gasteiger partial charge in [-0.15, -0.1) is 0 Å². The fraction of sp³-hybridized carbons (Fsp3) is 0.0833. The third-order valence-corrected chi connectivity index (χ3v) is 4.37. The lowest BCUT2D eigenvalue weighted by molar-refractivity contribution is -0.111. The van der Waals surface area contributed by atoms with Crippen molar-refractivity contribution in [3.8, 4) is 5.75 Å². The molecule has 0 fully saturated rings. The van der Waals surface area contributed by atoms with Crippen LogP contribution in [0, 0.1) is 0 Å². The second-order valence-electron chi connectivity index (χ2n) is 6.41. The average Bonchev–Trinajstić information content (AvgIpc) is 2.78. The predicted molar refractivity (Wildman–Crippen MR) is 120 cm³/mol. The quantitative estimate of drug-likeness (QED) is 0.416. The molecule has 0 aliphatic heterocycles. The van der Waals surface area contributed by atoms with Crippen molar-refractivity contribution in [1.82, 2.24) is 5.32 Å². The summed E-state index contributed by atoms with van der Waals surface area (Å²) in [5, 5.41) is 8.09. The number of hydrogen-bond acceptors (Lipinski definition) is 3. The molecule has 3 rings (SSSR count). The molecule has 0 unspecified atom stereocenters. The number of methoxy groups -OCH3 is 1. The molecule has 0 saturated carbocycles. The number of carbonyl (C=O) groups is 2. The molecular weight excluding hydrogens is 378 g/mol. The molecule has 6 heteroatoms. The summed E-state index contributed by atoms with van der Waals surface area (Å²) in [6.45, 7) is 0. The molecular formula is C24H23N3O3. The van der Waals surface area contributed by atoms with E-state index in [1.54, 1.807) is 37.5 Å². The molecule has 0 aliphatic carbocycles. The Morgan fingerprint density at radius 3 is 2.20 bits per heavy atom. The van der Waals surface area contributed by atoms with Gasteiger partial charge in [-0.2, -0.15) is 0 Å². The van der Waals surface area contributed by atoms with Gasteiger partial charge in [-0.3, -0.25) is 4.79 Å². The smallest absolute Gasteiger partial charge is 0.318 e. The van der Waals surface area contributed by atoms with Crippen LogP contribution in [0.5, 0.6) is 5.75 Å². The van der Waals surface area contributed by atoms with Crippen LogP contribution in [0.25, 0.3) is 11.6 Å². The van der Waals surface area contributed by atoms with Crippen LogP contribution in [-0.4, -0.2) is 26.1 Å². The highest BCUT2D eigenvalue weighted by molar-refractivity contribution is 6.29. The van der Waals surface area contributed by atoms with Gasteiger partial charge in [0.15, 0.2) is 0 Å². The van der Waals surface area contributed by atoms with Crippen LogP contribution in [0.2, 0.25) is 0 Å². The molecule has 3 amide bonds. The number of benzene rings is 3. The van der Waals surface area contributed by atoms with E-state index in [2.05, 4.69) is 16.0 Å². The Morgan fingerprint density at radius 1 is 0.833 bits per heavy atom. The van der Waals surface area contributed by atoms with E-state index in [-0.39, 0.29) is 11.9 Å². The van der Waals surface area contributed by atoms with Gasteiger partial charge in [-0.1, -0.05) is 54.6 Å². The second-order valence-corrected chi connectivity index (χ2v) is 6.41. The van der Waals surface area contributed by atoms with Crippen molar-refractivity contribution < 1.29 is 14.3 Å². The van der Waals surface area contributed by atoms with E-state index in [9.17, 15) is 9.59 Å². The largest absolute Gasteiger partial charge is 0.496 e. The second kappa shape index (κ2) is 9.93. The minimum Gasteiger partial charge on any atom is -0.496 e. The summed E-state index contributed by atoms with van der Waals surface area (Å²) in [6, 6.07) is 23.6. The highest BCUT2D eigenvalue weighted by Crippen LogP contribution is 2.26. The van der Waals surface area contributed by atoms with Gasteiger partial charge in [-0.05, 0) is 35.9 Å². The summed E-state index contributed by atoms with van der Waals surface area (Å²) in [4.78, 5) is 24.7. The maximum Gasteiger partial charge on any atom is 0.318 e. The summed E-state index contributed by atoms with van der Waals surface area (Å²) in [5.74, 6) is 0.403. The molecule has 0 bridgehead atoms. The fourth-order valence-electron chi connectivity index (χ4n) is 2.91. The minimum atomic E-state index is -0.334. The van der Waals surface area contributed by atoms with Crippen molar-refractivity contribution >= 4 is 35.0 Å².